The Hall–Kier alpha value is -1.95. The molecule has 1 aromatic rings. The summed E-state index contributed by atoms with van der Waals surface area (Å²) in [5.74, 6) is 2.06. The molecule has 6 nitrogen and oxygen atoms in total. The highest BCUT2D eigenvalue weighted by Gasteiger charge is 2.29. The van der Waals surface area contributed by atoms with Crippen molar-refractivity contribution in [2.75, 3.05) is 33.9 Å². The number of hydrogen-bond donors (Lipinski definition) is 2. The van der Waals surface area contributed by atoms with Gasteiger partial charge in [0.2, 0.25) is 0 Å². The number of likely N-dealkylation sites (tertiary alicyclic amines) is 1. The first-order valence-electron chi connectivity index (χ1n) is 7.03. The highest BCUT2D eigenvalue weighted by molar-refractivity contribution is 5.65. The lowest BCUT2D eigenvalue weighted by atomic mass is 9.97. The third-order valence-electron chi connectivity index (χ3n) is 3.77. The Labute approximate surface area is 124 Å². The van der Waals surface area contributed by atoms with Crippen LogP contribution >= 0.6 is 0 Å². The zero-order chi connectivity index (χ0) is 15.2. The number of methoxy groups -OCH3 is 2. The van der Waals surface area contributed by atoms with E-state index in [0.29, 0.717) is 19.0 Å². The highest BCUT2D eigenvalue weighted by atomic mass is 16.5. The molecule has 116 valence electrons. The minimum Gasteiger partial charge on any atom is -0.497 e. The first-order chi connectivity index (χ1) is 10.1. The molecule has 0 spiro atoms. The maximum absolute atomic E-state index is 10.7. The average Bonchev–Trinajstić information content (AvgIpc) is 2.44. The van der Waals surface area contributed by atoms with Crippen molar-refractivity contribution < 1.29 is 19.4 Å². The van der Waals surface area contributed by atoms with Crippen LogP contribution in [0.2, 0.25) is 0 Å². The summed E-state index contributed by atoms with van der Waals surface area (Å²) < 4.78 is 10.5. The van der Waals surface area contributed by atoms with Gasteiger partial charge in [0.25, 0.3) is 0 Å². The lowest BCUT2D eigenvalue weighted by Gasteiger charge is -2.37. The summed E-state index contributed by atoms with van der Waals surface area (Å²) in [4.78, 5) is 12.1. The zero-order valence-electron chi connectivity index (χ0n) is 12.5. The molecule has 0 aromatic heterocycles. The van der Waals surface area contributed by atoms with Crippen LogP contribution in [0.25, 0.3) is 0 Å². The van der Waals surface area contributed by atoms with Gasteiger partial charge in [-0.1, -0.05) is 6.07 Å². The van der Waals surface area contributed by atoms with E-state index in [1.165, 1.54) is 4.90 Å². The predicted octanol–water partition coefficient (Wildman–Crippen LogP) is 1.79. The Morgan fingerprint density at radius 1 is 1.38 bits per heavy atom. The summed E-state index contributed by atoms with van der Waals surface area (Å²) in [5, 5.41) is 12.1. The standard InChI is InChI=1S/C15H22N2O4/c1-20-13-4-3-12(14(7-13)21-2)8-16-6-5-11-9-17(10-11)15(18)19/h3-4,7,11,16H,5-6,8-10H2,1-2H3,(H,18,19). The van der Waals surface area contributed by atoms with E-state index in [1.54, 1.807) is 14.2 Å². The second-order valence-electron chi connectivity index (χ2n) is 5.20. The minimum atomic E-state index is -0.817. The fourth-order valence-corrected chi connectivity index (χ4v) is 2.44. The molecule has 2 rings (SSSR count). The van der Waals surface area contributed by atoms with Gasteiger partial charge in [-0.05, 0) is 24.9 Å². The molecule has 1 amide bonds. The molecular formula is C15H22N2O4. The smallest absolute Gasteiger partial charge is 0.407 e. The fraction of sp³-hybridized carbons (Fsp3) is 0.533. The van der Waals surface area contributed by atoms with E-state index in [9.17, 15) is 4.79 Å². The molecule has 2 N–H and O–H groups in total. The number of carboxylic acid groups (broad SMARTS) is 1. The first-order valence-corrected chi connectivity index (χ1v) is 7.03. The van der Waals surface area contributed by atoms with Crippen molar-refractivity contribution in [3.63, 3.8) is 0 Å². The van der Waals surface area contributed by atoms with Crippen LogP contribution in [0.4, 0.5) is 4.79 Å². The van der Waals surface area contributed by atoms with Gasteiger partial charge in [0.1, 0.15) is 11.5 Å². The van der Waals surface area contributed by atoms with Crippen LogP contribution in [0.3, 0.4) is 0 Å². The van der Waals surface area contributed by atoms with Gasteiger partial charge in [-0.25, -0.2) is 4.79 Å². The van der Waals surface area contributed by atoms with E-state index < -0.39 is 6.09 Å². The summed E-state index contributed by atoms with van der Waals surface area (Å²) in [6, 6.07) is 5.77. The maximum Gasteiger partial charge on any atom is 0.407 e. The quantitative estimate of drug-likeness (QED) is 0.750. The zero-order valence-corrected chi connectivity index (χ0v) is 12.5. The van der Waals surface area contributed by atoms with E-state index in [0.717, 1.165) is 36.6 Å². The Bertz CT molecular complexity index is 487. The number of nitrogens with zero attached hydrogens (tertiary/aromatic N) is 1. The summed E-state index contributed by atoms with van der Waals surface area (Å²) in [6.45, 7) is 2.90. The summed E-state index contributed by atoms with van der Waals surface area (Å²) in [6.07, 6.45) is 0.171. The van der Waals surface area contributed by atoms with Crippen LogP contribution in [-0.4, -0.2) is 50.0 Å². The molecule has 0 radical (unpaired) electrons. The molecule has 0 bridgehead atoms. The molecule has 6 heteroatoms. The molecular weight excluding hydrogens is 272 g/mol. The van der Waals surface area contributed by atoms with Crippen molar-refractivity contribution in [1.82, 2.24) is 10.2 Å². The molecule has 1 heterocycles. The SMILES string of the molecule is COc1ccc(CNCCC2CN(C(=O)O)C2)c(OC)c1. The third kappa shape index (κ3) is 4.01. The molecule has 1 saturated heterocycles. The molecule has 21 heavy (non-hydrogen) atoms. The second-order valence-corrected chi connectivity index (χ2v) is 5.20. The predicted molar refractivity (Wildman–Crippen MR) is 79.0 cm³/mol. The number of ether oxygens (including phenoxy) is 2. The van der Waals surface area contributed by atoms with Gasteiger partial charge in [0.15, 0.2) is 0 Å². The summed E-state index contributed by atoms with van der Waals surface area (Å²) in [7, 11) is 3.28. The maximum atomic E-state index is 10.7. The van der Waals surface area contributed by atoms with E-state index in [-0.39, 0.29) is 0 Å². The van der Waals surface area contributed by atoms with Crippen molar-refractivity contribution in [3.8, 4) is 11.5 Å². The number of rotatable bonds is 7. The van der Waals surface area contributed by atoms with Gasteiger partial charge in [-0.3, -0.25) is 0 Å². The summed E-state index contributed by atoms with van der Waals surface area (Å²) >= 11 is 0. The lowest BCUT2D eigenvalue weighted by molar-refractivity contribution is 0.0784. The van der Waals surface area contributed by atoms with Crippen LogP contribution in [0.5, 0.6) is 11.5 Å². The Balaban J connectivity index is 1.70. The second kappa shape index (κ2) is 7.17. The monoisotopic (exact) mass is 294 g/mol. The fourth-order valence-electron chi connectivity index (χ4n) is 2.44. The summed E-state index contributed by atoms with van der Waals surface area (Å²) in [5.41, 5.74) is 1.08. The van der Waals surface area contributed by atoms with Crippen molar-refractivity contribution in [3.05, 3.63) is 23.8 Å². The molecule has 0 saturated carbocycles. The molecule has 0 unspecified atom stereocenters. The van der Waals surface area contributed by atoms with Gasteiger partial charge >= 0.3 is 6.09 Å². The van der Waals surface area contributed by atoms with Crippen molar-refractivity contribution in [2.45, 2.75) is 13.0 Å². The highest BCUT2D eigenvalue weighted by Crippen LogP contribution is 2.24. The van der Waals surface area contributed by atoms with Crippen LogP contribution in [0.15, 0.2) is 18.2 Å². The number of carbonyl (C=O) groups is 1. The number of hydrogen-bond acceptors (Lipinski definition) is 4. The van der Waals surface area contributed by atoms with E-state index in [1.807, 2.05) is 18.2 Å². The van der Waals surface area contributed by atoms with E-state index in [2.05, 4.69) is 5.32 Å². The minimum absolute atomic E-state index is 0.478. The third-order valence-corrected chi connectivity index (χ3v) is 3.77. The number of amides is 1. The van der Waals surface area contributed by atoms with Crippen LogP contribution < -0.4 is 14.8 Å². The average molecular weight is 294 g/mol. The van der Waals surface area contributed by atoms with Gasteiger partial charge in [0.05, 0.1) is 14.2 Å². The molecule has 0 aliphatic carbocycles. The number of nitrogens with one attached hydrogen (secondary N) is 1. The Morgan fingerprint density at radius 2 is 2.14 bits per heavy atom. The van der Waals surface area contributed by atoms with Crippen molar-refractivity contribution in [1.29, 1.82) is 0 Å². The molecule has 1 aliphatic heterocycles. The van der Waals surface area contributed by atoms with Crippen LogP contribution in [0, 0.1) is 5.92 Å². The van der Waals surface area contributed by atoms with Gasteiger partial charge in [0, 0.05) is 31.3 Å². The van der Waals surface area contributed by atoms with Crippen molar-refractivity contribution in [2.24, 2.45) is 5.92 Å². The van der Waals surface area contributed by atoms with Gasteiger partial charge < -0.3 is 24.8 Å². The molecule has 1 fully saturated rings. The normalized spacial score (nSPS) is 14.7. The van der Waals surface area contributed by atoms with Gasteiger partial charge in [-0.15, -0.1) is 0 Å². The van der Waals surface area contributed by atoms with Crippen LogP contribution in [0.1, 0.15) is 12.0 Å². The molecule has 1 aromatic carbocycles. The Kier molecular flexibility index (Phi) is 5.27. The first kappa shape index (κ1) is 15.4. The lowest BCUT2D eigenvalue weighted by Crippen LogP contribution is -2.50. The Morgan fingerprint density at radius 3 is 2.76 bits per heavy atom. The molecule has 1 aliphatic rings. The van der Waals surface area contributed by atoms with E-state index in [4.69, 9.17) is 14.6 Å². The largest absolute Gasteiger partial charge is 0.497 e. The topological polar surface area (TPSA) is 71.0 Å². The molecule has 0 atom stereocenters. The van der Waals surface area contributed by atoms with Crippen molar-refractivity contribution >= 4 is 6.09 Å². The van der Waals surface area contributed by atoms with Gasteiger partial charge in [-0.2, -0.15) is 0 Å². The number of benzene rings is 1. The van der Waals surface area contributed by atoms with E-state index >= 15 is 0 Å². The van der Waals surface area contributed by atoms with Crippen LogP contribution in [-0.2, 0) is 6.54 Å².